The summed E-state index contributed by atoms with van der Waals surface area (Å²) in [6.45, 7) is 5.88. The molecule has 0 aliphatic rings. The van der Waals surface area contributed by atoms with Gasteiger partial charge in [-0.05, 0) is 51.0 Å². The van der Waals surface area contributed by atoms with Gasteiger partial charge in [0.05, 0.1) is 22.7 Å². The second-order valence-corrected chi connectivity index (χ2v) is 8.04. The zero-order valence-corrected chi connectivity index (χ0v) is 17.2. The molecule has 2 rings (SSSR count). The number of aliphatic hydroxyl groups excluding tert-OH is 1. The van der Waals surface area contributed by atoms with Gasteiger partial charge in [-0.25, -0.2) is 4.79 Å². The molecule has 146 valence electrons. The van der Waals surface area contributed by atoms with E-state index in [0.29, 0.717) is 28.6 Å². The first-order chi connectivity index (χ1) is 12.7. The molecule has 2 aromatic rings. The third-order valence-electron chi connectivity index (χ3n) is 3.77. The fraction of sp³-hybridized carbons (Fsp3) is 0.400. The summed E-state index contributed by atoms with van der Waals surface area (Å²) in [5, 5.41) is 11.4. The van der Waals surface area contributed by atoms with Crippen LogP contribution in [0.2, 0.25) is 10.0 Å². The SMILES string of the molecule is CC(C)(C)OC(=O)N(CCc1ccc(Cl)c(Cl)c1)CC(O)c1cccnc1. The second-order valence-electron chi connectivity index (χ2n) is 7.23. The summed E-state index contributed by atoms with van der Waals surface area (Å²) in [5.74, 6) is 0. The highest BCUT2D eigenvalue weighted by molar-refractivity contribution is 6.42. The molecule has 0 aliphatic carbocycles. The van der Waals surface area contributed by atoms with Crippen molar-refractivity contribution >= 4 is 29.3 Å². The van der Waals surface area contributed by atoms with E-state index in [0.717, 1.165) is 5.56 Å². The van der Waals surface area contributed by atoms with Crippen LogP contribution in [0.15, 0.2) is 42.7 Å². The van der Waals surface area contributed by atoms with Crippen molar-refractivity contribution in [1.82, 2.24) is 9.88 Å². The van der Waals surface area contributed by atoms with Crippen molar-refractivity contribution in [2.24, 2.45) is 0 Å². The van der Waals surface area contributed by atoms with Crippen molar-refractivity contribution in [3.8, 4) is 0 Å². The molecule has 0 spiro atoms. The van der Waals surface area contributed by atoms with Gasteiger partial charge in [0.25, 0.3) is 0 Å². The summed E-state index contributed by atoms with van der Waals surface area (Å²) in [7, 11) is 0. The number of nitrogens with zero attached hydrogens (tertiary/aromatic N) is 2. The van der Waals surface area contributed by atoms with E-state index in [2.05, 4.69) is 4.98 Å². The van der Waals surface area contributed by atoms with E-state index in [1.165, 1.54) is 4.90 Å². The molecule has 1 amide bonds. The Labute approximate surface area is 169 Å². The minimum absolute atomic E-state index is 0.0991. The Hall–Kier alpha value is -1.82. The van der Waals surface area contributed by atoms with Gasteiger partial charge >= 0.3 is 6.09 Å². The Morgan fingerprint density at radius 3 is 2.59 bits per heavy atom. The van der Waals surface area contributed by atoms with Crippen molar-refractivity contribution in [2.75, 3.05) is 13.1 Å². The molecule has 1 heterocycles. The van der Waals surface area contributed by atoms with Gasteiger partial charge in [-0.15, -0.1) is 0 Å². The average molecular weight is 411 g/mol. The number of benzene rings is 1. The van der Waals surface area contributed by atoms with Crippen LogP contribution in [-0.4, -0.2) is 39.8 Å². The van der Waals surface area contributed by atoms with Crippen molar-refractivity contribution in [1.29, 1.82) is 0 Å². The van der Waals surface area contributed by atoms with Crippen LogP contribution in [0.25, 0.3) is 0 Å². The number of aromatic nitrogens is 1. The van der Waals surface area contributed by atoms with E-state index < -0.39 is 17.8 Å². The number of aliphatic hydroxyl groups is 1. The quantitative estimate of drug-likeness (QED) is 0.735. The molecule has 0 bridgehead atoms. The Morgan fingerprint density at radius 2 is 2.00 bits per heavy atom. The Kier molecular flexibility index (Phi) is 7.48. The first kappa shape index (κ1) is 21.5. The zero-order valence-electron chi connectivity index (χ0n) is 15.7. The largest absolute Gasteiger partial charge is 0.444 e. The van der Waals surface area contributed by atoms with E-state index in [-0.39, 0.29) is 6.54 Å². The maximum absolute atomic E-state index is 12.6. The van der Waals surface area contributed by atoms with Crippen LogP contribution in [0.1, 0.15) is 38.0 Å². The first-order valence-electron chi connectivity index (χ1n) is 8.65. The van der Waals surface area contributed by atoms with Gasteiger partial charge in [-0.1, -0.05) is 35.3 Å². The van der Waals surface area contributed by atoms with E-state index >= 15 is 0 Å². The highest BCUT2D eigenvalue weighted by Crippen LogP contribution is 2.23. The predicted octanol–water partition coefficient (Wildman–Crippen LogP) is 4.90. The van der Waals surface area contributed by atoms with Crippen LogP contribution in [0.4, 0.5) is 4.79 Å². The lowest BCUT2D eigenvalue weighted by Crippen LogP contribution is -2.40. The van der Waals surface area contributed by atoms with Crippen LogP contribution < -0.4 is 0 Å². The van der Waals surface area contributed by atoms with Gasteiger partial charge in [0.1, 0.15) is 5.60 Å². The smallest absolute Gasteiger partial charge is 0.410 e. The normalized spacial score (nSPS) is 12.5. The minimum atomic E-state index is -0.861. The number of carbonyl (C=O) groups excluding carboxylic acids is 1. The lowest BCUT2D eigenvalue weighted by Gasteiger charge is -2.29. The van der Waals surface area contributed by atoms with E-state index in [9.17, 15) is 9.90 Å². The first-order valence-corrected chi connectivity index (χ1v) is 9.41. The maximum Gasteiger partial charge on any atom is 0.410 e. The van der Waals surface area contributed by atoms with Crippen molar-refractivity contribution in [2.45, 2.75) is 38.9 Å². The summed E-state index contributed by atoms with van der Waals surface area (Å²) < 4.78 is 5.48. The molecule has 1 atom stereocenters. The van der Waals surface area contributed by atoms with Crippen LogP contribution in [0.5, 0.6) is 0 Å². The summed E-state index contributed by atoms with van der Waals surface area (Å²) in [6.07, 6.45) is 2.42. The summed E-state index contributed by atoms with van der Waals surface area (Å²) in [4.78, 5) is 18.1. The van der Waals surface area contributed by atoms with Gasteiger partial charge < -0.3 is 14.7 Å². The predicted molar refractivity (Wildman–Crippen MR) is 107 cm³/mol. The monoisotopic (exact) mass is 410 g/mol. The van der Waals surface area contributed by atoms with Gasteiger partial charge in [0.2, 0.25) is 0 Å². The number of pyridine rings is 1. The molecule has 7 heteroatoms. The molecule has 0 radical (unpaired) electrons. The zero-order chi connectivity index (χ0) is 20.0. The molecule has 27 heavy (non-hydrogen) atoms. The lowest BCUT2D eigenvalue weighted by molar-refractivity contribution is 0.0146. The molecule has 0 saturated carbocycles. The molecular weight excluding hydrogens is 387 g/mol. The molecule has 1 aromatic heterocycles. The minimum Gasteiger partial charge on any atom is -0.444 e. The Morgan fingerprint density at radius 1 is 1.26 bits per heavy atom. The number of amides is 1. The fourth-order valence-electron chi connectivity index (χ4n) is 2.43. The van der Waals surface area contributed by atoms with Crippen LogP contribution in [0, 0.1) is 0 Å². The number of ether oxygens (including phenoxy) is 1. The average Bonchev–Trinajstić information content (AvgIpc) is 2.60. The van der Waals surface area contributed by atoms with Crippen molar-refractivity contribution in [3.05, 3.63) is 63.9 Å². The van der Waals surface area contributed by atoms with E-state index in [4.69, 9.17) is 27.9 Å². The molecule has 1 aromatic carbocycles. The van der Waals surface area contributed by atoms with Crippen LogP contribution in [-0.2, 0) is 11.2 Å². The van der Waals surface area contributed by atoms with Gasteiger partial charge in [-0.2, -0.15) is 0 Å². The Balaban J connectivity index is 2.10. The van der Waals surface area contributed by atoms with Crippen LogP contribution >= 0.6 is 23.2 Å². The van der Waals surface area contributed by atoms with E-state index in [1.807, 2.05) is 6.07 Å². The number of halogens is 2. The van der Waals surface area contributed by atoms with E-state index in [1.54, 1.807) is 57.4 Å². The number of carbonyl (C=O) groups is 1. The molecule has 1 N–H and O–H groups in total. The standard InChI is InChI=1S/C20H24Cl2N2O3/c1-20(2,3)27-19(26)24(13-18(25)15-5-4-9-23-12-15)10-8-14-6-7-16(21)17(22)11-14/h4-7,9,11-12,18,25H,8,10,13H2,1-3H3. The summed E-state index contributed by atoms with van der Waals surface area (Å²) in [5.41, 5.74) is 0.951. The van der Waals surface area contributed by atoms with Gasteiger partial charge in [0, 0.05) is 24.5 Å². The summed E-state index contributed by atoms with van der Waals surface area (Å²) in [6, 6.07) is 8.87. The highest BCUT2D eigenvalue weighted by atomic mass is 35.5. The van der Waals surface area contributed by atoms with Crippen LogP contribution in [0.3, 0.4) is 0 Å². The lowest BCUT2D eigenvalue weighted by atomic mass is 10.1. The molecule has 0 saturated heterocycles. The molecule has 0 aliphatic heterocycles. The summed E-state index contributed by atoms with van der Waals surface area (Å²) >= 11 is 12.0. The van der Waals surface area contributed by atoms with Gasteiger partial charge in [-0.3, -0.25) is 4.98 Å². The third kappa shape index (κ3) is 7.01. The molecule has 0 fully saturated rings. The number of rotatable bonds is 6. The van der Waals surface area contributed by atoms with Crippen molar-refractivity contribution < 1.29 is 14.6 Å². The maximum atomic E-state index is 12.6. The molecule has 5 nitrogen and oxygen atoms in total. The van der Waals surface area contributed by atoms with Gasteiger partial charge in [0.15, 0.2) is 0 Å². The number of hydrogen-bond acceptors (Lipinski definition) is 4. The fourth-order valence-corrected chi connectivity index (χ4v) is 2.75. The number of hydrogen-bond donors (Lipinski definition) is 1. The second kappa shape index (κ2) is 9.40. The van der Waals surface area contributed by atoms with Crippen molar-refractivity contribution in [3.63, 3.8) is 0 Å². The third-order valence-corrected chi connectivity index (χ3v) is 4.51. The topological polar surface area (TPSA) is 62.7 Å². The Bertz CT molecular complexity index is 764. The molecule has 1 unspecified atom stereocenters. The molecular formula is C20H24Cl2N2O3. The highest BCUT2D eigenvalue weighted by Gasteiger charge is 2.24.